The van der Waals surface area contributed by atoms with E-state index in [1.807, 2.05) is 13.8 Å². The molecular weight excluding hydrogens is 465 g/mol. The van der Waals surface area contributed by atoms with Gasteiger partial charge in [0.1, 0.15) is 17.8 Å². The first kappa shape index (κ1) is 26.7. The lowest BCUT2D eigenvalue weighted by Gasteiger charge is -2.27. The maximum Gasteiger partial charge on any atom is 0.340 e. The molecule has 2 aromatic heterocycles. The van der Waals surface area contributed by atoms with E-state index >= 15 is 0 Å². The second-order valence-corrected chi connectivity index (χ2v) is 10.5. The standard InChI is InChI=1S/C20H36N7O6P/c1-5-7-9-23-34(30,24-10-8-6-2)32-11-13-15(28)20(3,29)18(33-13)27-12-22-14-16(27)25-19(21)26-17(14)31-4/h12-13,15,18,28-29H,5-11H2,1-4H3,(H2,21,25,26)(H2,23,24,30)/t13-,15-,18-,20-/m1/s1. The number of anilines is 1. The molecule has 0 amide bonds. The monoisotopic (exact) mass is 501 g/mol. The van der Waals surface area contributed by atoms with E-state index in [1.165, 1.54) is 24.9 Å². The molecule has 0 radical (unpaired) electrons. The minimum Gasteiger partial charge on any atom is -0.479 e. The first-order valence-corrected chi connectivity index (χ1v) is 13.1. The van der Waals surface area contributed by atoms with Gasteiger partial charge in [-0.3, -0.25) is 9.13 Å². The number of nitrogens with two attached hydrogens (primary N) is 1. The largest absolute Gasteiger partial charge is 0.479 e. The molecule has 34 heavy (non-hydrogen) atoms. The summed E-state index contributed by atoms with van der Waals surface area (Å²) in [5.41, 5.74) is 4.65. The molecule has 0 saturated carbocycles. The van der Waals surface area contributed by atoms with Crippen LogP contribution in [0.1, 0.15) is 52.7 Å². The number of aliphatic hydroxyl groups is 2. The zero-order valence-corrected chi connectivity index (χ0v) is 21.0. The third-order valence-electron chi connectivity index (χ3n) is 5.73. The summed E-state index contributed by atoms with van der Waals surface area (Å²) in [5, 5.41) is 27.9. The summed E-state index contributed by atoms with van der Waals surface area (Å²) < 4.78 is 31.6. The number of hydrogen-bond acceptors (Lipinski definition) is 10. The Morgan fingerprint density at radius 1 is 1.26 bits per heavy atom. The van der Waals surface area contributed by atoms with E-state index in [1.54, 1.807) is 0 Å². The molecule has 0 aliphatic carbocycles. The Balaban J connectivity index is 1.78. The molecule has 0 aromatic carbocycles. The van der Waals surface area contributed by atoms with E-state index in [0.29, 0.717) is 18.6 Å². The first-order valence-electron chi connectivity index (χ1n) is 11.5. The summed E-state index contributed by atoms with van der Waals surface area (Å²) in [6.07, 6.45) is 1.59. The molecule has 4 atom stereocenters. The lowest BCUT2D eigenvalue weighted by Crippen LogP contribution is -2.44. The van der Waals surface area contributed by atoms with Gasteiger partial charge in [0, 0.05) is 13.1 Å². The summed E-state index contributed by atoms with van der Waals surface area (Å²) in [5.74, 6) is 0.137. The predicted octanol–water partition coefficient (Wildman–Crippen LogP) is 1.33. The van der Waals surface area contributed by atoms with Crippen LogP contribution in [0.2, 0.25) is 0 Å². The van der Waals surface area contributed by atoms with E-state index in [-0.39, 0.29) is 24.1 Å². The molecule has 3 heterocycles. The van der Waals surface area contributed by atoms with Crippen molar-refractivity contribution in [2.24, 2.45) is 0 Å². The number of ether oxygens (including phenoxy) is 2. The lowest BCUT2D eigenvalue weighted by atomic mass is 9.96. The Morgan fingerprint density at radius 3 is 2.50 bits per heavy atom. The van der Waals surface area contributed by atoms with Crippen molar-refractivity contribution in [1.82, 2.24) is 29.7 Å². The number of methoxy groups -OCH3 is 1. The average molecular weight is 502 g/mol. The number of hydrogen-bond donors (Lipinski definition) is 5. The Kier molecular flexibility index (Phi) is 8.85. The van der Waals surface area contributed by atoms with Gasteiger partial charge in [-0.25, -0.2) is 15.2 Å². The van der Waals surface area contributed by atoms with Crippen LogP contribution >= 0.6 is 7.67 Å². The minimum absolute atomic E-state index is 0.0404. The summed E-state index contributed by atoms with van der Waals surface area (Å²) in [6, 6.07) is 0. The summed E-state index contributed by atoms with van der Waals surface area (Å²) in [7, 11) is -1.95. The fourth-order valence-electron chi connectivity index (χ4n) is 3.73. The number of aromatic nitrogens is 4. The molecular formula is C20H36N7O6P. The molecule has 0 spiro atoms. The van der Waals surface area contributed by atoms with Crippen molar-refractivity contribution in [3.05, 3.63) is 6.33 Å². The van der Waals surface area contributed by atoms with Gasteiger partial charge >= 0.3 is 7.67 Å². The van der Waals surface area contributed by atoms with Crippen LogP contribution in [0.4, 0.5) is 5.95 Å². The maximum absolute atomic E-state index is 13.3. The van der Waals surface area contributed by atoms with Crippen LogP contribution in [0.25, 0.3) is 11.2 Å². The summed E-state index contributed by atoms with van der Waals surface area (Å²) in [6.45, 7) is 6.34. The average Bonchev–Trinajstić information content (AvgIpc) is 3.30. The van der Waals surface area contributed by atoms with Crippen molar-refractivity contribution in [3.8, 4) is 5.88 Å². The third kappa shape index (κ3) is 5.68. The van der Waals surface area contributed by atoms with Crippen molar-refractivity contribution in [2.45, 2.75) is 70.5 Å². The maximum atomic E-state index is 13.3. The molecule has 13 nitrogen and oxygen atoms in total. The second kappa shape index (κ2) is 11.3. The van der Waals surface area contributed by atoms with Gasteiger partial charge in [-0.2, -0.15) is 9.97 Å². The molecule has 192 valence electrons. The molecule has 3 rings (SSSR count). The SMILES string of the molecule is CCCCNP(=O)(NCCCC)OC[C@H]1O[C@@H](n2cnc3c(OC)nc(N)nc32)[C@](C)(O)[C@@H]1O. The summed E-state index contributed by atoms with van der Waals surface area (Å²) in [4.78, 5) is 12.4. The van der Waals surface area contributed by atoms with Crippen LogP contribution in [-0.2, 0) is 13.8 Å². The Bertz CT molecular complexity index is 989. The molecule has 0 unspecified atom stereocenters. The zero-order chi connectivity index (χ0) is 24.9. The summed E-state index contributed by atoms with van der Waals surface area (Å²) >= 11 is 0. The van der Waals surface area contributed by atoms with E-state index in [9.17, 15) is 14.8 Å². The quantitative estimate of drug-likeness (QED) is 0.197. The van der Waals surface area contributed by atoms with Crippen molar-refractivity contribution in [1.29, 1.82) is 0 Å². The van der Waals surface area contributed by atoms with Gasteiger partial charge < -0.3 is 29.9 Å². The topological polar surface area (TPSA) is 179 Å². The van der Waals surface area contributed by atoms with Crippen LogP contribution in [-0.4, -0.2) is 74.3 Å². The van der Waals surface area contributed by atoms with E-state index in [4.69, 9.17) is 19.7 Å². The highest BCUT2D eigenvalue weighted by Gasteiger charge is 2.54. The number of unbranched alkanes of at least 4 members (excludes halogenated alkanes) is 2. The highest BCUT2D eigenvalue weighted by molar-refractivity contribution is 7.54. The van der Waals surface area contributed by atoms with Gasteiger partial charge in [-0.05, 0) is 19.8 Å². The number of rotatable bonds is 13. The predicted molar refractivity (Wildman–Crippen MR) is 126 cm³/mol. The Morgan fingerprint density at radius 2 is 1.91 bits per heavy atom. The molecule has 1 aliphatic heterocycles. The number of nitrogens with zero attached hydrogens (tertiary/aromatic N) is 4. The van der Waals surface area contributed by atoms with E-state index < -0.39 is 31.7 Å². The smallest absolute Gasteiger partial charge is 0.340 e. The Labute approximate surface area is 199 Å². The molecule has 1 saturated heterocycles. The number of nitrogens with one attached hydrogen (secondary N) is 2. The number of imidazole rings is 1. The molecule has 14 heteroatoms. The number of fused-ring (bicyclic) bond motifs is 1. The fraction of sp³-hybridized carbons (Fsp3) is 0.750. The van der Waals surface area contributed by atoms with Crippen molar-refractivity contribution >= 4 is 24.8 Å². The number of nitrogen functional groups attached to an aromatic ring is 1. The number of aliphatic hydroxyl groups excluding tert-OH is 1. The normalized spacial score (nSPS) is 25.3. The lowest BCUT2D eigenvalue weighted by molar-refractivity contribution is -0.0947. The van der Waals surface area contributed by atoms with Crippen molar-refractivity contribution in [3.63, 3.8) is 0 Å². The molecule has 6 N–H and O–H groups in total. The van der Waals surface area contributed by atoms with Gasteiger partial charge in [-0.15, -0.1) is 0 Å². The highest BCUT2D eigenvalue weighted by Crippen LogP contribution is 2.43. The molecule has 1 aliphatic rings. The van der Waals surface area contributed by atoms with Gasteiger partial charge in [0.2, 0.25) is 11.8 Å². The minimum atomic E-state index is -3.38. The fourth-order valence-corrected chi connectivity index (χ4v) is 5.29. The van der Waals surface area contributed by atoms with Crippen LogP contribution in [0.5, 0.6) is 5.88 Å². The molecule has 0 bridgehead atoms. The van der Waals surface area contributed by atoms with Crippen LogP contribution < -0.4 is 20.6 Å². The van der Waals surface area contributed by atoms with Gasteiger partial charge in [0.25, 0.3) is 0 Å². The zero-order valence-electron chi connectivity index (χ0n) is 20.1. The second-order valence-electron chi connectivity index (χ2n) is 8.48. The van der Waals surface area contributed by atoms with Crippen LogP contribution in [0, 0.1) is 0 Å². The van der Waals surface area contributed by atoms with Crippen molar-refractivity contribution < 1.29 is 28.8 Å². The van der Waals surface area contributed by atoms with Gasteiger partial charge in [0.15, 0.2) is 17.4 Å². The van der Waals surface area contributed by atoms with Crippen molar-refractivity contribution in [2.75, 3.05) is 32.5 Å². The van der Waals surface area contributed by atoms with Crippen LogP contribution in [0.15, 0.2) is 6.33 Å². The van der Waals surface area contributed by atoms with E-state index in [2.05, 4.69) is 25.1 Å². The molecule has 2 aromatic rings. The first-order chi connectivity index (χ1) is 16.2. The van der Waals surface area contributed by atoms with E-state index in [0.717, 1.165) is 25.7 Å². The highest BCUT2D eigenvalue weighted by atomic mass is 31.2. The van der Waals surface area contributed by atoms with Gasteiger partial charge in [-0.1, -0.05) is 26.7 Å². The Hall–Kier alpha value is -1.86. The third-order valence-corrected chi connectivity index (χ3v) is 7.52. The van der Waals surface area contributed by atoms with Gasteiger partial charge in [0.05, 0.1) is 20.0 Å². The molecule has 1 fully saturated rings. The van der Waals surface area contributed by atoms with Crippen LogP contribution in [0.3, 0.4) is 0 Å².